The SMILES string of the molecule is CC(C)C(=Cc1ccc(F)c(F)c1)CNC(C)(C)C. The lowest BCUT2D eigenvalue weighted by molar-refractivity contribution is 0.437. The molecule has 0 heterocycles. The largest absolute Gasteiger partial charge is 0.308 e. The number of hydrogen-bond acceptors (Lipinski definition) is 1. The summed E-state index contributed by atoms with van der Waals surface area (Å²) in [6.45, 7) is 11.2. The Morgan fingerprint density at radius 1 is 1.21 bits per heavy atom. The molecule has 0 aliphatic rings. The van der Waals surface area contributed by atoms with Gasteiger partial charge in [-0.3, -0.25) is 0 Å². The van der Waals surface area contributed by atoms with Gasteiger partial charge in [-0.05, 0) is 44.4 Å². The van der Waals surface area contributed by atoms with Crippen LogP contribution in [-0.2, 0) is 0 Å². The normalized spacial score (nSPS) is 13.2. The van der Waals surface area contributed by atoms with Crippen LogP contribution in [-0.4, -0.2) is 12.1 Å². The summed E-state index contributed by atoms with van der Waals surface area (Å²) < 4.78 is 26.1. The molecule has 0 unspecified atom stereocenters. The number of halogens is 2. The summed E-state index contributed by atoms with van der Waals surface area (Å²) in [6, 6.07) is 3.99. The number of benzene rings is 1. The Kier molecular flexibility index (Phi) is 5.24. The third kappa shape index (κ3) is 5.52. The van der Waals surface area contributed by atoms with E-state index in [4.69, 9.17) is 0 Å². The van der Waals surface area contributed by atoms with Crippen molar-refractivity contribution in [2.45, 2.75) is 40.2 Å². The van der Waals surface area contributed by atoms with Gasteiger partial charge >= 0.3 is 0 Å². The second-order valence-corrected chi connectivity index (χ2v) is 6.15. The maximum atomic E-state index is 13.2. The van der Waals surface area contributed by atoms with E-state index in [0.29, 0.717) is 11.5 Å². The molecule has 1 N–H and O–H groups in total. The molecule has 0 aliphatic carbocycles. The van der Waals surface area contributed by atoms with Gasteiger partial charge in [-0.1, -0.05) is 31.6 Å². The Bertz CT molecular complexity index is 456. The zero-order valence-electron chi connectivity index (χ0n) is 12.3. The number of hydrogen-bond donors (Lipinski definition) is 1. The van der Waals surface area contributed by atoms with Crippen molar-refractivity contribution < 1.29 is 8.78 Å². The molecule has 0 radical (unpaired) electrons. The molecule has 3 heteroatoms. The Hall–Kier alpha value is -1.22. The fourth-order valence-electron chi connectivity index (χ4n) is 1.61. The molecule has 0 saturated carbocycles. The quantitative estimate of drug-likeness (QED) is 0.853. The van der Waals surface area contributed by atoms with Gasteiger partial charge < -0.3 is 5.32 Å². The lowest BCUT2D eigenvalue weighted by atomic mass is 9.98. The van der Waals surface area contributed by atoms with E-state index in [9.17, 15) is 8.78 Å². The molecule has 1 nitrogen and oxygen atoms in total. The number of nitrogens with one attached hydrogen (secondary N) is 1. The molecule has 1 rings (SSSR count). The molecular formula is C16H23F2N. The van der Waals surface area contributed by atoms with E-state index in [1.165, 1.54) is 11.6 Å². The van der Waals surface area contributed by atoms with Crippen LogP contribution in [0.25, 0.3) is 6.08 Å². The van der Waals surface area contributed by atoms with Crippen molar-refractivity contribution in [2.24, 2.45) is 5.92 Å². The third-order valence-corrected chi connectivity index (χ3v) is 2.86. The van der Waals surface area contributed by atoms with Crippen molar-refractivity contribution in [1.82, 2.24) is 5.32 Å². The van der Waals surface area contributed by atoms with Gasteiger partial charge in [-0.15, -0.1) is 0 Å². The Balaban J connectivity index is 2.91. The fraction of sp³-hybridized carbons (Fsp3) is 0.500. The molecule has 19 heavy (non-hydrogen) atoms. The summed E-state index contributed by atoms with van der Waals surface area (Å²) in [5, 5.41) is 3.41. The smallest absolute Gasteiger partial charge is 0.159 e. The van der Waals surface area contributed by atoms with E-state index < -0.39 is 11.6 Å². The predicted octanol–water partition coefficient (Wildman–Crippen LogP) is 4.39. The average Bonchev–Trinajstić information content (AvgIpc) is 2.27. The average molecular weight is 267 g/mol. The highest BCUT2D eigenvalue weighted by molar-refractivity contribution is 5.53. The van der Waals surface area contributed by atoms with Crippen LogP contribution < -0.4 is 5.32 Å². The van der Waals surface area contributed by atoms with Crippen molar-refractivity contribution in [3.8, 4) is 0 Å². The lowest BCUT2D eigenvalue weighted by Crippen LogP contribution is -2.37. The predicted molar refractivity (Wildman–Crippen MR) is 76.9 cm³/mol. The zero-order valence-corrected chi connectivity index (χ0v) is 12.3. The molecule has 0 atom stereocenters. The maximum absolute atomic E-state index is 13.2. The van der Waals surface area contributed by atoms with Crippen LogP contribution in [0.2, 0.25) is 0 Å². The van der Waals surface area contributed by atoms with Crippen molar-refractivity contribution in [3.05, 3.63) is 41.0 Å². The molecule has 0 fully saturated rings. The van der Waals surface area contributed by atoms with E-state index in [-0.39, 0.29) is 5.54 Å². The molecule has 106 valence electrons. The van der Waals surface area contributed by atoms with Gasteiger partial charge in [0.1, 0.15) is 0 Å². The maximum Gasteiger partial charge on any atom is 0.159 e. The van der Waals surface area contributed by atoms with Crippen molar-refractivity contribution in [2.75, 3.05) is 6.54 Å². The van der Waals surface area contributed by atoms with Crippen LogP contribution in [0.5, 0.6) is 0 Å². The third-order valence-electron chi connectivity index (χ3n) is 2.86. The molecule has 0 aromatic heterocycles. The highest BCUT2D eigenvalue weighted by Crippen LogP contribution is 2.17. The van der Waals surface area contributed by atoms with Crippen molar-refractivity contribution in [1.29, 1.82) is 0 Å². The fourth-order valence-corrected chi connectivity index (χ4v) is 1.61. The minimum atomic E-state index is -0.809. The van der Waals surface area contributed by atoms with Crippen LogP contribution in [0.3, 0.4) is 0 Å². The first kappa shape index (κ1) is 15.8. The standard InChI is InChI=1S/C16H23F2N/c1-11(2)13(10-19-16(3,4)5)8-12-6-7-14(17)15(18)9-12/h6-9,11,19H,10H2,1-5H3. The minimum absolute atomic E-state index is 0.0298. The van der Waals surface area contributed by atoms with Crippen LogP contribution in [0.1, 0.15) is 40.2 Å². The van der Waals surface area contributed by atoms with E-state index in [1.54, 1.807) is 6.07 Å². The first-order valence-corrected chi connectivity index (χ1v) is 6.59. The Morgan fingerprint density at radius 2 is 1.84 bits per heavy atom. The van der Waals surface area contributed by atoms with Gasteiger partial charge in [0.2, 0.25) is 0 Å². The molecule has 0 aliphatic heterocycles. The molecule has 1 aromatic carbocycles. The molecule has 0 saturated heterocycles. The Morgan fingerprint density at radius 3 is 2.32 bits per heavy atom. The van der Waals surface area contributed by atoms with Crippen LogP contribution in [0.4, 0.5) is 8.78 Å². The summed E-state index contributed by atoms with van der Waals surface area (Å²) in [7, 11) is 0. The summed E-state index contributed by atoms with van der Waals surface area (Å²) in [6.07, 6.45) is 1.92. The van der Waals surface area contributed by atoms with Gasteiger partial charge in [-0.25, -0.2) is 8.78 Å². The highest BCUT2D eigenvalue weighted by Gasteiger charge is 2.11. The van der Waals surface area contributed by atoms with E-state index in [1.807, 2.05) is 6.08 Å². The van der Waals surface area contributed by atoms with E-state index in [0.717, 1.165) is 12.6 Å². The van der Waals surface area contributed by atoms with Crippen molar-refractivity contribution >= 4 is 6.08 Å². The highest BCUT2D eigenvalue weighted by atomic mass is 19.2. The molecular weight excluding hydrogens is 244 g/mol. The molecule has 0 bridgehead atoms. The summed E-state index contributed by atoms with van der Waals surface area (Å²) >= 11 is 0. The monoisotopic (exact) mass is 267 g/mol. The van der Waals surface area contributed by atoms with Gasteiger partial charge in [0.05, 0.1) is 0 Å². The van der Waals surface area contributed by atoms with Gasteiger partial charge in [0.15, 0.2) is 11.6 Å². The summed E-state index contributed by atoms with van der Waals surface area (Å²) in [5.74, 6) is -1.26. The second kappa shape index (κ2) is 6.29. The first-order chi connectivity index (χ1) is 8.69. The Labute approximate surface area is 114 Å². The summed E-state index contributed by atoms with van der Waals surface area (Å²) in [4.78, 5) is 0. The van der Waals surface area contributed by atoms with Gasteiger partial charge in [-0.2, -0.15) is 0 Å². The second-order valence-electron chi connectivity index (χ2n) is 6.15. The van der Waals surface area contributed by atoms with E-state index in [2.05, 4.69) is 39.9 Å². The summed E-state index contributed by atoms with van der Waals surface area (Å²) in [5.41, 5.74) is 1.89. The van der Waals surface area contributed by atoms with Crippen LogP contribution >= 0.6 is 0 Å². The number of rotatable bonds is 4. The molecule has 0 spiro atoms. The first-order valence-electron chi connectivity index (χ1n) is 6.59. The van der Waals surface area contributed by atoms with Gasteiger partial charge in [0, 0.05) is 12.1 Å². The van der Waals surface area contributed by atoms with Crippen LogP contribution in [0.15, 0.2) is 23.8 Å². The lowest BCUT2D eigenvalue weighted by Gasteiger charge is -2.23. The molecule has 0 amide bonds. The topological polar surface area (TPSA) is 12.0 Å². The molecule has 1 aromatic rings. The zero-order chi connectivity index (χ0) is 14.6. The van der Waals surface area contributed by atoms with E-state index >= 15 is 0 Å². The van der Waals surface area contributed by atoms with Crippen LogP contribution in [0, 0.1) is 17.6 Å². The van der Waals surface area contributed by atoms with Crippen molar-refractivity contribution in [3.63, 3.8) is 0 Å². The van der Waals surface area contributed by atoms with Gasteiger partial charge in [0.25, 0.3) is 0 Å². The minimum Gasteiger partial charge on any atom is -0.308 e.